The Kier molecular flexibility index (Phi) is 3.12. The molecular weight excluding hydrogens is 168 g/mol. The Balaban J connectivity index is 4.32. The maximum atomic E-state index is 10.3. The lowest BCUT2D eigenvalue weighted by Gasteiger charge is -2.05. The average Bonchev–Trinajstić information content (AvgIpc) is 1.60. The summed E-state index contributed by atoms with van der Waals surface area (Å²) >= 11 is 5.87. The van der Waals surface area contributed by atoms with Gasteiger partial charge in [-0.15, -0.1) is 0 Å². The van der Waals surface area contributed by atoms with Crippen LogP contribution in [0.5, 0.6) is 0 Å². The Morgan fingerprint density at radius 1 is 1.60 bits per heavy atom. The van der Waals surface area contributed by atoms with Gasteiger partial charge in [0.15, 0.2) is 7.38 Å². The quantitative estimate of drug-likeness (QED) is 0.399. The molecule has 0 aromatic rings. The van der Waals surface area contributed by atoms with Crippen LogP contribution < -0.4 is 0 Å². The number of carbonyl (C=O) groups is 1. The van der Waals surface area contributed by atoms with Gasteiger partial charge in [0.25, 0.3) is 0 Å². The molecule has 0 aliphatic heterocycles. The Labute approximate surface area is 66.2 Å². The van der Waals surface area contributed by atoms with Crippen LogP contribution in [0.25, 0.3) is 0 Å². The van der Waals surface area contributed by atoms with Crippen molar-refractivity contribution in [3.63, 3.8) is 0 Å². The van der Waals surface area contributed by atoms with E-state index in [9.17, 15) is 4.79 Å². The van der Waals surface area contributed by atoms with Crippen molar-refractivity contribution in [2.75, 3.05) is 0 Å². The van der Waals surface area contributed by atoms with Crippen molar-refractivity contribution in [3.8, 4) is 0 Å². The Hall–Kier alpha value is -0.283. The molecule has 0 unspecified atom stereocenters. The van der Waals surface area contributed by atoms with E-state index >= 15 is 0 Å². The SMILES string of the molecule is CC(=C[Si](C)(C)Cl)C(=O)O. The van der Waals surface area contributed by atoms with E-state index in [1.807, 2.05) is 13.1 Å². The molecular formula is C6H11ClO2Si. The smallest absolute Gasteiger partial charge is 0.330 e. The van der Waals surface area contributed by atoms with Crippen LogP contribution >= 0.6 is 11.1 Å². The molecule has 2 nitrogen and oxygen atoms in total. The molecule has 0 aromatic heterocycles. The number of halogens is 1. The predicted octanol–water partition coefficient (Wildman–Crippen LogP) is 2.00. The number of hydrogen-bond acceptors (Lipinski definition) is 1. The summed E-state index contributed by atoms with van der Waals surface area (Å²) < 4.78 is 0. The monoisotopic (exact) mass is 178 g/mol. The van der Waals surface area contributed by atoms with E-state index in [-0.39, 0.29) is 0 Å². The molecule has 0 aliphatic rings. The van der Waals surface area contributed by atoms with Crippen molar-refractivity contribution in [2.24, 2.45) is 0 Å². The summed E-state index contributed by atoms with van der Waals surface area (Å²) in [6.45, 7) is 5.31. The van der Waals surface area contributed by atoms with Gasteiger partial charge < -0.3 is 5.11 Å². The van der Waals surface area contributed by atoms with Crippen LogP contribution in [0.3, 0.4) is 0 Å². The Morgan fingerprint density at radius 3 is 2.10 bits per heavy atom. The summed E-state index contributed by atoms with van der Waals surface area (Å²) in [4.78, 5) is 10.3. The van der Waals surface area contributed by atoms with Crippen LogP contribution in [-0.2, 0) is 4.79 Å². The normalized spacial score (nSPS) is 13.4. The first-order chi connectivity index (χ1) is 4.33. The molecule has 0 aliphatic carbocycles. The van der Waals surface area contributed by atoms with Gasteiger partial charge in [0.2, 0.25) is 0 Å². The molecule has 0 atom stereocenters. The number of aliphatic carboxylic acids is 1. The third kappa shape index (κ3) is 4.58. The maximum Gasteiger partial charge on any atom is 0.330 e. The second-order valence-corrected chi connectivity index (χ2v) is 9.04. The second kappa shape index (κ2) is 3.21. The predicted molar refractivity (Wildman–Crippen MR) is 44.7 cm³/mol. The van der Waals surface area contributed by atoms with E-state index in [2.05, 4.69) is 0 Å². The molecule has 0 radical (unpaired) electrons. The topological polar surface area (TPSA) is 37.3 Å². The van der Waals surface area contributed by atoms with Gasteiger partial charge in [0, 0.05) is 5.57 Å². The van der Waals surface area contributed by atoms with Crippen molar-refractivity contribution < 1.29 is 9.90 Å². The zero-order valence-corrected chi connectivity index (χ0v) is 8.07. The van der Waals surface area contributed by atoms with Crippen molar-refractivity contribution in [1.82, 2.24) is 0 Å². The summed E-state index contributed by atoms with van der Waals surface area (Å²) in [5.41, 5.74) is 1.99. The van der Waals surface area contributed by atoms with E-state index in [4.69, 9.17) is 16.2 Å². The van der Waals surface area contributed by atoms with Crippen molar-refractivity contribution in [1.29, 1.82) is 0 Å². The van der Waals surface area contributed by atoms with Crippen LogP contribution in [0.2, 0.25) is 13.1 Å². The van der Waals surface area contributed by atoms with Gasteiger partial charge in [-0.25, -0.2) is 4.79 Å². The molecule has 0 spiro atoms. The first-order valence-corrected chi connectivity index (χ1v) is 7.03. The first kappa shape index (κ1) is 9.72. The number of carboxylic acids is 1. The molecule has 0 saturated heterocycles. The zero-order valence-electron chi connectivity index (χ0n) is 6.31. The van der Waals surface area contributed by atoms with Gasteiger partial charge in [-0.1, -0.05) is 18.8 Å². The summed E-state index contributed by atoms with van der Waals surface area (Å²) in [6.07, 6.45) is 0. The van der Waals surface area contributed by atoms with Gasteiger partial charge in [-0.3, -0.25) is 0 Å². The number of carboxylic acid groups (broad SMARTS) is 1. The minimum atomic E-state index is -1.85. The van der Waals surface area contributed by atoms with Gasteiger partial charge in [0.1, 0.15) is 0 Å². The molecule has 0 heterocycles. The van der Waals surface area contributed by atoms with E-state index in [1.54, 1.807) is 12.6 Å². The van der Waals surface area contributed by atoms with E-state index in [0.29, 0.717) is 5.57 Å². The fraction of sp³-hybridized carbons (Fsp3) is 0.500. The molecule has 58 valence electrons. The molecule has 0 aromatic carbocycles. The van der Waals surface area contributed by atoms with Crippen molar-refractivity contribution >= 4 is 24.4 Å². The molecule has 10 heavy (non-hydrogen) atoms. The Bertz CT molecular complexity index is 169. The van der Waals surface area contributed by atoms with Crippen LogP contribution in [0.15, 0.2) is 11.3 Å². The highest BCUT2D eigenvalue weighted by Gasteiger charge is 2.15. The van der Waals surface area contributed by atoms with Gasteiger partial charge in [-0.05, 0) is 6.92 Å². The molecule has 4 heteroatoms. The van der Waals surface area contributed by atoms with Gasteiger partial charge >= 0.3 is 5.97 Å². The minimum absolute atomic E-state index is 0.340. The maximum absolute atomic E-state index is 10.3. The molecule has 0 bridgehead atoms. The van der Waals surface area contributed by atoms with Crippen molar-refractivity contribution in [3.05, 3.63) is 11.3 Å². The third-order valence-electron chi connectivity index (χ3n) is 0.897. The van der Waals surface area contributed by atoms with E-state index in [1.165, 1.54) is 0 Å². The van der Waals surface area contributed by atoms with Crippen LogP contribution in [0, 0.1) is 0 Å². The lowest BCUT2D eigenvalue weighted by molar-refractivity contribution is -0.132. The third-order valence-corrected chi connectivity index (χ3v) is 2.34. The van der Waals surface area contributed by atoms with Crippen molar-refractivity contribution in [2.45, 2.75) is 20.0 Å². The first-order valence-electron chi connectivity index (χ1n) is 2.94. The molecule has 0 fully saturated rings. The molecule has 0 saturated carbocycles. The lowest BCUT2D eigenvalue weighted by atomic mass is 10.4. The lowest BCUT2D eigenvalue weighted by Crippen LogP contribution is -2.14. The van der Waals surface area contributed by atoms with Crippen LogP contribution in [-0.4, -0.2) is 18.5 Å². The van der Waals surface area contributed by atoms with Gasteiger partial charge in [-0.2, -0.15) is 11.1 Å². The van der Waals surface area contributed by atoms with Crippen LogP contribution in [0.4, 0.5) is 0 Å². The minimum Gasteiger partial charge on any atom is -0.478 e. The molecule has 1 N–H and O–H groups in total. The Morgan fingerprint density at radius 2 is 2.00 bits per heavy atom. The zero-order chi connectivity index (χ0) is 8.36. The van der Waals surface area contributed by atoms with Crippen LogP contribution in [0.1, 0.15) is 6.92 Å². The van der Waals surface area contributed by atoms with E-state index in [0.717, 1.165) is 0 Å². The number of hydrogen-bond donors (Lipinski definition) is 1. The average molecular weight is 179 g/mol. The summed E-state index contributed by atoms with van der Waals surface area (Å²) in [5.74, 6) is -0.888. The highest BCUT2D eigenvalue weighted by atomic mass is 35.6. The van der Waals surface area contributed by atoms with E-state index < -0.39 is 13.4 Å². The summed E-state index contributed by atoms with van der Waals surface area (Å²) in [5, 5.41) is 8.44. The molecule has 0 rings (SSSR count). The highest BCUT2D eigenvalue weighted by Crippen LogP contribution is 2.11. The highest BCUT2D eigenvalue weighted by molar-refractivity contribution is 7.22. The fourth-order valence-corrected chi connectivity index (χ4v) is 2.22. The fourth-order valence-electron chi connectivity index (χ4n) is 0.577. The number of rotatable bonds is 2. The largest absolute Gasteiger partial charge is 0.478 e. The summed E-state index contributed by atoms with van der Waals surface area (Å²) in [6, 6.07) is 0. The summed E-state index contributed by atoms with van der Waals surface area (Å²) in [7, 11) is -1.85. The van der Waals surface area contributed by atoms with Gasteiger partial charge in [0.05, 0.1) is 0 Å². The standard InChI is InChI=1S/C6H11ClO2Si/c1-5(6(8)9)4-10(2,3)7/h4H,1-3H3,(H,8,9). The second-order valence-electron chi connectivity index (χ2n) is 2.70. The molecule has 0 amide bonds.